The first kappa shape index (κ1) is 20.4. The summed E-state index contributed by atoms with van der Waals surface area (Å²) in [4.78, 5) is 12.1. The molecule has 0 bridgehead atoms. The van der Waals surface area contributed by atoms with Crippen LogP contribution >= 0.6 is 31.9 Å². The van der Waals surface area contributed by atoms with Crippen molar-refractivity contribution in [2.45, 2.75) is 6.92 Å². The normalized spacial score (nSPS) is 11.0. The number of hydrogen-bond acceptors (Lipinski definition) is 4. The van der Waals surface area contributed by atoms with Crippen LogP contribution in [0.3, 0.4) is 0 Å². The summed E-state index contributed by atoms with van der Waals surface area (Å²) in [6.07, 6.45) is 1.58. The van der Waals surface area contributed by atoms with Crippen LogP contribution in [0.2, 0.25) is 0 Å². The van der Waals surface area contributed by atoms with E-state index in [2.05, 4.69) is 42.4 Å². The van der Waals surface area contributed by atoms with Gasteiger partial charge in [0.1, 0.15) is 11.5 Å². The van der Waals surface area contributed by atoms with Crippen molar-refractivity contribution in [1.29, 1.82) is 0 Å². The van der Waals surface area contributed by atoms with Crippen LogP contribution in [0, 0.1) is 6.92 Å². The number of aryl methyl sites for hydroxylation is 1. The largest absolute Gasteiger partial charge is 0.496 e. The Labute approximate surface area is 180 Å². The van der Waals surface area contributed by atoms with Gasteiger partial charge in [0.25, 0.3) is 5.91 Å². The van der Waals surface area contributed by atoms with Crippen molar-refractivity contribution in [2.24, 2.45) is 5.10 Å². The van der Waals surface area contributed by atoms with Crippen LogP contribution in [0.25, 0.3) is 10.8 Å². The van der Waals surface area contributed by atoms with E-state index in [0.717, 1.165) is 30.8 Å². The van der Waals surface area contributed by atoms with E-state index in [9.17, 15) is 4.79 Å². The Morgan fingerprint density at radius 2 is 1.96 bits per heavy atom. The molecule has 0 heterocycles. The van der Waals surface area contributed by atoms with Gasteiger partial charge in [-0.25, -0.2) is 5.43 Å². The van der Waals surface area contributed by atoms with E-state index >= 15 is 0 Å². The number of rotatable bonds is 6. The molecular weight excluding hydrogens is 488 g/mol. The lowest BCUT2D eigenvalue weighted by atomic mass is 10.0. The molecule has 3 aromatic carbocycles. The van der Waals surface area contributed by atoms with Crippen LogP contribution in [0.1, 0.15) is 11.1 Å². The molecule has 0 spiro atoms. The Morgan fingerprint density at radius 1 is 1.18 bits per heavy atom. The summed E-state index contributed by atoms with van der Waals surface area (Å²) in [6, 6.07) is 15.6. The number of fused-ring (bicyclic) bond motifs is 1. The minimum atomic E-state index is -0.357. The van der Waals surface area contributed by atoms with E-state index in [1.54, 1.807) is 13.3 Å². The fourth-order valence-corrected chi connectivity index (χ4v) is 4.35. The fraction of sp³-hybridized carbons (Fsp3) is 0.143. The van der Waals surface area contributed by atoms with Gasteiger partial charge in [-0.1, -0.05) is 46.3 Å². The molecule has 1 amide bonds. The first-order chi connectivity index (χ1) is 13.5. The lowest BCUT2D eigenvalue weighted by molar-refractivity contribution is -0.123. The highest BCUT2D eigenvalue weighted by atomic mass is 79.9. The molecule has 0 aliphatic heterocycles. The zero-order valence-electron chi connectivity index (χ0n) is 15.3. The molecule has 0 aromatic heterocycles. The zero-order valence-corrected chi connectivity index (χ0v) is 18.5. The predicted octanol–water partition coefficient (Wildman–Crippen LogP) is 5.21. The summed E-state index contributed by atoms with van der Waals surface area (Å²) in [7, 11) is 1.60. The van der Waals surface area contributed by atoms with E-state index in [1.807, 2.05) is 55.5 Å². The minimum absolute atomic E-state index is 0.148. The molecule has 7 heteroatoms. The number of halogens is 2. The minimum Gasteiger partial charge on any atom is -0.496 e. The average molecular weight is 506 g/mol. The van der Waals surface area contributed by atoms with Crippen LogP contribution in [0.15, 0.2) is 62.6 Å². The van der Waals surface area contributed by atoms with E-state index in [-0.39, 0.29) is 12.5 Å². The molecule has 5 nitrogen and oxygen atoms in total. The van der Waals surface area contributed by atoms with Gasteiger partial charge in [0.15, 0.2) is 6.61 Å². The maximum absolute atomic E-state index is 12.1. The molecule has 3 rings (SSSR count). The molecule has 0 aliphatic carbocycles. The molecule has 0 atom stereocenters. The Hall–Kier alpha value is -2.38. The number of carbonyl (C=O) groups excluding carboxylic acids is 1. The fourth-order valence-electron chi connectivity index (χ4n) is 2.80. The van der Waals surface area contributed by atoms with Gasteiger partial charge in [-0.15, -0.1) is 0 Å². The zero-order chi connectivity index (χ0) is 20.1. The number of carbonyl (C=O) groups is 1. The van der Waals surface area contributed by atoms with Crippen molar-refractivity contribution in [1.82, 2.24) is 5.43 Å². The number of hydrogen-bond donors (Lipinski definition) is 1. The molecule has 0 saturated carbocycles. The number of hydrazone groups is 1. The van der Waals surface area contributed by atoms with Gasteiger partial charge in [0.2, 0.25) is 0 Å². The van der Waals surface area contributed by atoms with Gasteiger partial charge in [-0.3, -0.25) is 4.79 Å². The Morgan fingerprint density at radius 3 is 2.71 bits per heavy atom. The number of nitrogens with zero attached hydrogens (tertiary/aromatic N) is 1. The molecule has 0 aliphatic rings. The third-order valence-electron chi connectivity index (χ3n) is 4.08. The molecule has 1 N–H and O–H groups in total. The third-order valence-corrected chi connectivity index (χ3v) is 5.12. The van der Waals surface area contributed by atoms with Crippen molar-refractivity contribution in [3.8, 4) is 11.5 Å². The van der Waals surface area contributed by atoms with Crippen LogP contribution in [-0.4, -0.2) is 25.8 Å². The Bertz CT molecular complexity index is 1030. The standard InChI is InChI=1S/C21H18Br2N2O3/c1-13-9-15(22)10-18(23)21(13)28-12-20(26)25-24-11-17-16-6-4-3-5-14(16)7-8-19(17)27-2/h3-11H,12H2,1-2H3,(H,25,26)/b24-11+. The third kappa shape index (κ3) is 4.72. The molecule has 3 aromatic rings. The number of methoxy groups -OCH3 is 1. The second kappa shape index (κ2) is 9.21. The highest BCUT2D eigenvalue weighted by Crippen LogP contribution is 2.32. The topological polar surface area (TPSA) is 59.9 Å². The lowest BCUT2D eigenvalue weighted by Gasteiger charge is -2.11. The first-order valence-corrected chi connectivity index (χ1v) is 10.0. The highest BCUT2D eigenvalue weighted by molar-refractivity contribution is 9.11. The average Bonchev–Trinajstić information content (AvgIpc) is 2.67. The van der Waals surface area contributed by atoms with Crippen molar-refractivity contribution >= 4 is 54.8 Å². The van der Waals surface area contributed by atoms with Crippen molar-refractivity contribution in [3.05, 3.63) is 68.6 Å². The monoisotopic (exact) mass is 504 g/mol. The Kier molecular flexibility index (Phi) is 6.70. The number of ether oxygens (including phenoxy) is 2. The van der Waals surface area contributed by atoms with Crippen molar-refractivity contribution in [3.63, 3.8) is 0 Å². The van der Waals surface area contributed by atoms with E-state index < -0.39 is 0 Å². The van der Waals surface area contributed by atoms with Crippen LogP contribution in [-0.2, 0) is 4.79 Å². The van der Waals surface area contributed by atoms with Crippen molar-refractivity contribution < 1.29 is 14.3 Å². The quantitative estimate of drug-likeness (QED) is 0.369. The summed E-state index contributed by atoms with van der Waals surface area (Å²) < 4.78 is 12.7. The van der Waals surface area contributed by atoms with Crippen LogP contribution < -0.4 is 14.9 Å². The van der Waals surface area contributed by atoms with E-state index in [4.69, 9.17) is 9.47 Å². The second-order valence-corrected chi connectivity index (χ2v) is 7.79. The molecule has 144 valence electrons. The van der Waals surface area contributed by atoms with Crippen LogP contribution in [0.5, 0.6) is 11.5 Å². The molecule has 0 saturated heterocycles. The maximum Gasteiger partial charge on any atom is 0.277 e. The van der Waals surface area contributed by atoms with Crippen molar-refractivity contribution in [2.75, 3.05) is 13.7 Å². The van der Waals surface area contributed by atoms with E-state index in [0.29, 0.717) is 11.5 Å². The maximum atomic E-state index is 12.1. The predicted molar refractivity (Wildman–Crippen MR) is 118 cm³/mol. The number of amides is 1. The summed E-state index contributed by atoms with van der Waals surface area (Å²) in [5, 5.41) is 6.12. The summed E-state index contributed by atoms with van der Waals surface area (Å²) in [6.45, 7) is 1.76. The summed E-state index contributed by atoms with van der Waals surface area (Å²) in [5.41, 5.74) is 4.21. The highest BCUT2D eigenvalue weighted by Gasteiger charge is 2.10. The molecule has 0 unspecified atom stereocenters. The summed E-state index contributed by atoms with van der Waals surface area (Å²) >= 11 is 6.86. The SMILES string of the molecule is COc1ccc2ccccc2c1/C=N/NC(=O)COc1c(C)cc(Br)cc1Br. The Balaban J connectivity index is 1.68. The van der Waals surface area contributed by atoms with Gasteiger partial charge in [-0.05, 0) is 57.4 Å². The second-order valence-electron chi connectivity index (χ2n) is 6.02. The van der Waals surface area contributed by atoms with Gasteiger partial charge in [-0.2, -0.15) is 5.10 Å². The molecule has 0 radical (unpaired) electrons. The van der Waals surface area contributed by atoms with Gasteiger partial charge in [0.05, 0.1) is 17.8 Å². The summed E-state index contributed by atoms with van der Waals surface area (Å²) in [5.74, 6) is 0.949. The molecule has 0 fully saturated rings. The van der Waals surface area contributed by atoms with E-state index in [1.165, 1.54) is 0 Å². The molecule has 28 heavy (non-hydrogen) atoms. The number of benzene rings is 3. The first-order valence-electron chi connectivity index (χ1n) is 8.45. The molecular formula is C21H18Br2N2O3. The lowest BCUT2D eigenvalue weighted by Crippen LogP contribution is -2.24. The smallest absolute Gasteiger partial charge is 0.277 e. The van der Waals surface area contributed by atoms with Gasteiger partial charge < -0.3 is 9.47 Å². The van der Waals surface area contributed by atoms with Gasteiger partial charge in [0, 0.05) is 10.0 Å². The van der Waals surface area contributed by atoms with Gasteiger partial charge >= 0.3 is 0 Å². The number of nitrogens with one attached hydrogen (secondary N) is 1. The van der Waals surface area contributed by atoms with Crippen LogP contribution in [0.4, 0.5) is 0 Å².